The summed E-state index contributed by atoms with van der Waals surface area (Å²) in [6, 6.07) is 10.6. The van der Waals surface area contributed by atoms with Gasteiger partial charge in [-0.15, -0.1) is 0 Å². The third-order valence-electron chi connectivity index (χ3n) is 4.01. The molecule has 0 bridgehead atoms. The molecule has 0 spiro atoms. The molecule has 1 aliphatic rings. The van der Waals surface area contributed by atoms with E-state index in [-0.39, 0.29) is 5.54 Å². The lowest BCUT2D eigenvalue weighted by Gasteiger charge is -2.39. The van der Waals surface area contributed by atoms with Crippen molar-refractivity contribution in [2.45, 2.75) is 38.1 Å². The Morgan fingerprint density at radius 3 is 2.71 bits per heavy atom. The molecule has 2 heteroatoms. The Kier molecular flexibility index (Phi) is 4.19. The van der Waals surface area contributed by atoms with Crippen LogP contribution in [-0.2, 0) is 11.2 Å². The molecular weight excluding hydrogens is 210 g/mol. The summed E-state index contributed by atoms with van der Waals surface area (Å²) in [4.78, 5) is 0. The SMILES string of the molecule is CCC(N)(Cc1ccccc1)C1CCCOC1. The van der Waals surface area contributed by atoms with Crippen LogP contribution in [0.2, 0.25) is 0 Å². The van der Waals surface area contributed by atoms with Gasteiger partial charge in [-0.1, -0.05) is 37.3 Å². The van der Waals surface area contributed by atoms with E-state index in [1.165, 1.54) is 12.0 Å². The van der Waals surface area contributed by atoms with Crippen LogP contribution < -0.4 is 5.73 Å². The van der Waals surface area contributed by atoms with Crippen LogP contribution >= 0.6 is 0 Å². The molecule has 0 aromatic heterocycles. The zero-order chi connectivity index (χ0) is 12.1. The minimum Gasteiger partial charge on any atom is -0.381 e. The second-order valence-corrected chi connectivity index (χ2v) is 5.16. The maximum atomic E-state index is 6.62. The standard InChI is InChI=1S/C15H23NO/c1-2-15(16,14-9-6-10-17-12-14)11-13-7-4-3-5-8-13/h3-5,7-8,14H,2,6,9-12,16H2,1H3. The molecule has 94 valence electrons. The van der Waals surface area contributed by atoms with E-state index in [1.807, 2.05) is 0 Å². The van der Waals surface area contributed by atoms with Crippen LogP contribution in [0.3, 0.4) is 0 Å². The van der Waals surface area contributed by atoms with Crippen molar-refractivity contribution in [1.29, 1.82) is 0 Å². The van der Waals surface area contributed by atoms with Crippen molar-refractivity contribution in [3.8, 4) is 0 Å². The van der Waals surface area contributed by atoms with Crippen LogP contribution in [0.4, 0.5) is 0 Å². The minimum absolute atomic E-state index is 0.109. The third kappa shape index (κ3) is 3.08. The molecule has 2 unspecified atom stereocenters. The van der Waals surface area contributed by atoms with Gasteiger partial charge in [0.15, 0.2) is 0 Å². The minimum atomic E-state index is -0.109. The van der Waals surface area contributed by atoms with E-state index in [4.69, 9.17) is 10.5 Å². The predicted octanol–water partition coefficient (Wildman–Crippen LogP) is 2.76. The molecule has 1 fully saturated rings. The smallest absolute Gasteiger partial charge is 0.0511 e. The summed E-state index contributed by atoms with van der Waals surface area (Å²) in [6.45, 7) is 3.93. The summed E-state index contributed by atoms with van der Waals surface area (Å²) in [5.74, 6) is 0.501. The van der Waals surface area contributed by atoms with E-state index >= 15 is 0 Å². The van der Waals surface area contributed by atoms with E-state index in [2.05, 4.69) is 37.3 Å². The lowest BCUT2D eigenvalue weighted by Crippen LogP contribution is -2.51. The van der Waals surface area contributed by atoms with E-state index in [0.717, 1.165) is 32.5 Å². The summed E-state index contributed by atoms with van der Waals surface area (Å²) in [5, 5.41) is 0. The average Bonchev–Trinajstić information content (AvgIpc) is 2.41. The zero-order valence-electron chi connectivity index (χ0n) is 10.7. The Morgan fingerprint density at radius 2 is 2.12 bits per heavy atom. The van der Waals surface area contributed by atoms with Crippen LogP contribution in [0, 0.1) is 5.92 Å². The molecule has 0 amide bonds. The van der Waals surface area contributed by atoms with Gasteiger partial charge in [-0.2, -0.15) is 0 Å². The number of ether oxygens (including phenoxy) is 1. The Morgan fingerprint density at radius 1 is 1.35 bits per heavy atom. The van der Waals surface area contributed by atoms with Crippen molar-refractivity contribution in [2.24, 2.45) is 11.7 Å². The molecule has 0 aliphatic carbocycles. The Labute approximate surface area is 104 Å². The highest BCUT2D eigenvalue weighted by molar-refractivity contribution is 5.18. The summed E-state index contributed by atoms with van der Waals surface area (Å²) < 4.78 is 5.59. The molecule has 1 aliphatic heterocycles. The van der Waals surface area contributed by atoms with Crippen LogP contribution in [0.5, 0.6) is 0 Å². The highest BCUT2D eigenvalue weighted by atomic mass is 16.5. The molecule has 2 N–H and O–H groups in total. The van der Waals surface area contributed by atoms with Gasteiger partial charge in [0.25, 0.3) is 0 Å². The van der Waals surface area contributed by atoms with Gasteiger partial charge < -0.3 is 10.5 Å². The maximum Gasteiger partial charge on any atom is 0.0511 e. The molecule has 17 heavy (non-hydrogen) atoms. The van der Waals surface area contributed by atoms with Crippen LogP contribution in [0.25, 0.3) is 0 Å². The van der Waals surface area contributed by atoms with Crippen molar-refractivity contribution >= 4 is 0 Å². The van der Waals surface area contributed by atoms with E-state index in [0.29, 0.717) is 5.92 Å². The largest absolute Gasteiger partial charge is 0.381 e. The molecule has 0 radical (unpaired) electrons. The lowest BCUT2D eigenvalue weighted by molar-refractivity contribution is 0.0198. The normalized spacial score (nSPS) is 24.2. The molecule has 1 heterocycles. The summed E-state index contributed by atoms with van der Waals surface area (Å²) in [6.07, 6.45) is 4.32. The Bertz CT molecular complexity index is 332. The topological polar surface area (TPSA) is 35.2 Å². The molecular formula is C15H23NO. The Balaban J connectivity index is 2.07. The zero-order valence-corrected chi connectivity index (χ0v) is 10.7. The quantitative estimate of drug-likeness (QED) is 0.868. The fourth-order valence-corrected chi connectivity index (χ4v) is 2.73. The Hall–Kier alpha value is -0.860. The molecule has 2 atom stereocenters. The second-order valence-electron chi connectivity index (χ2n) is 5.16. The third-order valence-corrected chi connectivity index (χ3v) is 4.01. The summed E-state index contributed by atoms with van der Waals surface area (Å²) >= 11 is 0. The molecule has 1 saturated heterocycles. The van der Waals surface area contributed by atoms with Gasteiger partial charge in [0.1, 0.15) is 0 Å². The van der Waals surface area contributed by atoms with E-state index in [9.17, 15) is 0 Å². The van der Waals surface area contributed by atoms with Crippen molar-refractivity contribution < 1.29 is 4.74 Å². The first-order valence-electron chi connectivity index (χ1n) is 6.65. The summed E-state index contributed by atoms with van der Waals surface area (Å²) in [5.41, 5.74) is 7.85. The molecule has 2 rings (SSSR count). The van der Waals surface area contributed by atoms with Gasteiger partial charge in [-0.25, -0.2) is 0 Å². The number of hydrogen-bond donors (Lipinski definition) is 1. The first kappa shape index (κ1) is 12.6. The van der Waals surface area contributed by atoms with Gasteiger partial charge in [0.2, 0.25) is 0 Å². The average molecular weight is 233 g/mol. The maximum absolute atomic E-state index is 6.62. The fraction of sp³-hybridized carbons (Fsp3) is 0.600. The van der Waals surface area contributed by atoms with Gasteiger partial charge in [-0.05, 0) is 31.2 Å². The molecule has 1 aromatic carbocycles. The molecule has 0 saturated carbocycles. The van der Waals surface area contributed by atoms with Crippen molar-refractivity contribution in [3.05, 3.63) is 35.9 Å². The lowest BCUT2D eigenvalue weighted by atomic mass is 9.75. The van der Waals surface area contributed by atoms with Gasteiger partial charge in [0, 0.05) is 18.1 Å². The summed E-state index contributed by atoms with van der Waals surface area (Å²) in [7, 11) is 0. The van der Waals surface area contributed by atoms with Crippen LogP contribution in [-0.4, -0.2) is 18.8 Å². The number of rotatable bonds is 4. The highest BCUT2D eigenvalue weighted by Crippen LogP contribution is 2.30. The van der Waals surface area contributed by atoms with Crippen molar-refractivity contribution in [1.82, 2.24) is 0 Å². The van der Waals surface area contributed by atoms with E-state index in [1.54, 1.807) is 0 Å². The van der Waals surface area contributed by atoms with Crippen molar-refractivity contribution in [3.63, 3.8) is 0 Å². The van der Waals surface area contributed by atoms with E-state index < -0.39 is 0 Å². The van der Waals surface area contributed by atoms with Crippen LogP contribution in [0.1, 0.15) is 31.7 Å². The van der Waals surface area contributed by atoms with Gasteiger partial charge in [-0.3, -0.25) is 0 Å². The van der Waals surface area contributed by atoms with Gasteiger partial charge >= 0.3 is 0 Å². The monoisotopic (exact) mass is 233 g/mol. The molecule has 1 aromatic rings. The number of hydrogen-bond acceptors (Lipinski definition) is 2. The second kappa shape index (κ2) is 5.65. The number of nitrogens with two attached hydrogens (primary N) is 1. The van der Waals surface area contributed by atoms with Crippen LogP contribution in [0.15, 0.2) is 30.3 Å². The van der Waals surface area contributed by atoms with Crippen molar-refractivity contribution in [2.75, 3.05) is 13.2 Å². The fourth-order valence-electron chi connectivity index (χ4n) is 2.73. The highest BCUT2D eigenvalue weighted by Gasteiger charge is 2.34. The first-order valence-corrected chi connectivity index (χ1v) is 6.65. The first-order chi connectivity index (χ1) is 8.24. The number of benzene rings is 1. The predicted molar refractivity (Wildman–Crippen MR) is 70.9 cm³/mol. The van der Waals surface area contributed by atoms with Gasteiger partial charge in [0.05, 0.1) is 6.61 Å². The molecule has 2 nitrogen and oxygen atoms in total.